The van der Waals surface area contributed by atoms with Crippen molar-refractivity contribution in [2.45, 2.75) is 43.7 Å². The van der Waals surface area contributed by atoms with Gasteiger partial charge in [-0.2, -0.15) is 0 Å². The van der Waals surface area contributed by atoms with Gasteiger partial charge in [0.1, 0.15) is 0 Å². The molecule has 0 aliphatic heterocycles. The number of hydrogen-bond acceptors (Lipinski definition) is 2. The molecule has 1 N–H and O–H groups in total. The summed E-state index contributed by atoms with van der Waals surface area (Å²) in [5, 5.41) is 10.7. The molecule has 0 saturated heterocycles. The minimum atomic E-state index is -0.376. The standard InChI is InChI=1S/C15H23NO/c1-16(2)15(11-7-4-8-12-15)14(17)13-9-5-3-6-10-13/h3,5-6,9-10,14,17H,4,7-8,11-12H2,1-2H3/t14-/m1/s1. The highest BCUT2D eigenvalue weighted by molar-refractivity contribution is 5.21. The Morgan fingerprint density at radius 3 is 2.18 bits per heavy atom. The number of rotatable bonds is 3. The van der Waals surface area contributed by atoms with E-state index in [-0.39, 0.29) is 11.6 Å². The van der Waals surface area contributed by atoms with Gasteiger partial charge in [-0.3, -0.25) is 0 Å². The third kappa shape index (κ3) is 2.38. The Morgan fingerprint density at radius 2 is 1.65 bits per heavy atom. The van der Waals surface area contributed by atoms with E-state index in [9.17, 15) is 5.11 Å². The van der Waals surface area contributed by atoms with Gasteiger partial charge in [0.05, 0.1) is 11.6 Å². The average Bonchev–Trinajstić information content (AvgIpc) is 2.39. The zero-order valence-corrected chi connectivity index (χ0v) is 10.9. The highest BCUT2D eigenvalue weighted by Gasteiger charge is 2.41. The van der Waals surface area contributed by atoms with Crippen molar-refractivity contribution in [2.75, 3.05) is 14.1 Å². The normalized spacial score (nSPS) is 21.4. The van der Waals surface area contributed by atoms with E-state index in [0.717, 1.165) is 18.4 Å². The smallest absolute Gasteiger partial charge is 0.0973 e. The molecular weight excluding hydrogens is 210 g/mol. The number of aliphatic hydroxyl groups excluding tert-OH is 1. The predicted octanol–water partition coefficient (Wildman–Crippen LogP) is 2.98. The molecule has 2 nitrogen and oxygen atoms in total. The van der Waals surface area contributed by atoms with Gasteiger partial charge in [-0.15, -0.1) is 0 Å². The van der Waals surface area contributed by atoms with E-state index >= 15 is 0 Å². The molecule has 1 atom stereocenters. The number of likely N-dealkylation sites (N-methyl/N-ethyl adjacent to an activating group) is 1. The fourth-order valence-electron chi connectivity index (χ4n) is 3.07. The first-order chi connectivity index (χ1) is 8.17. The summed E-state index contributed by atoms with van der Waals surface area (Å²) in [5.41, 5.74) is 0.975. The Kier molecular flexibility index (Phi) is 3.85. The second-order valence-electron chi connectivity index (χ2n) is 5.37. The second kappa shape index (κ2) is 5.19. The molecule has 0 radical (unpaired) electrons. The maximum absolute atomic E-state index is 10.7. The minimum Gasteiger partial charge on any atom is -0.386 e. The van der Waals surface area contributed by atoms with Gasteiger partial charge in [0, 0.05) is 0 Å². The summed E-state index contributed by atoms with van der Waals surface area (Å²) in [4.78, 5) is 2.23. The quantitative estimate of drug-likeness (QED) is 0.867. The van der Waals surface area contributed by atoms with Crippen LogP contribution in [0.5, 0.6) is 0 Å². The van der Waals surface area contributed by atoms with Gasteiger partial charge in [0.2, 0.25) is 0 Å². The van der Waals surface area contributed by atoms with E-state index < -0.39 is 0 Å². The van der Waals surface area contributed by atoms with Crippen LogP contribution < -0.4 is 0 Å². The lowest BCUT2D eigenvalue weighted by Gasteiger charge is -2.46. The van der Waals surface area contributed by atoms with Crippen molar-refractivity contribution in [3.8, 4) is 0 Å². The number of nitrogens with zero attached hydrogens (tertiary/aromatic N) is 1. The van der Waals surface area contributed by atoms with Gasteiger partial charge in [-0.1, -0.05) is 49.6 Å². The fraction of sp³-hybridized carbons (Fsp3) is 0.600. The molecule has 1 aliphatic rings. The fourth-order valence-corrected chi connectivity index (χ4v) is 3.07. The van der Waals surface area contributed by atoms with Crippen molar-refractivity contribution in [3.05, 3.63) is 35.9 Å². The molecule has 2 rings (SSSR count). The third-order valence-electron chi connectivity index (χ3n) is 4.23. The maximum Gasteiger partial charge on any atom is 0.0973 e. The van der Waals surface area contributed by atoms with Crippen LogP contribution >= 0.6 is 0 Å². The summed E-state index contributed by atoms with van der Waals surface area (Å²) in [6, 6.07) is 10.1. The largest absolute Gasteiger partial charge is 0.386 e. The Bertz CT molecular complexity index is 341. The predicted molar refractivity (Wildman–Crippen MR) is 70.9 cm³/mol. The monoisotopic (exact) mass is 233 g/mol. The lowest BCUT2D eigenvalue weighted by atomic mass is 9.74. The van der Waals surface area contributed by atoms with Crippen LogP contribution in [0.4, 0.5) is 0 Å². The van der Waals surface area contributed by atoms with Gasteiger partial charge in [-0.25, -0.2) is 0 Å². The second-order valence-corrected chi connectivity index (χ2v) is 5.37. The van der Waals surface area contributed by atoms with Crippen molar-refractivity contribution in [2.24, 2.45) is 0 Å². The van der Waals surface area contributed by atoms with Crippen molar-refractivity contribution in [1.82, 2.24) is 4.90 Å². The first kappa shape index (κ1) is 12.6. The molecular formula is C15H23NO. The Morgan fingerprint density at radius 1 is 1.06 bits per heavy atom. The van der Waals surface area contributed by atoms with E-state index in [1.807, 2.05) is 30.3 Å². The SMILES string of the molecule is CN(C)C1([C@H](O)c2ccccc2)CCCCC1. The molecule has 94 valence electrons. The first-order valence-corrected chi connectivity index (χ1v) is 6.57. The molecule has 1 saturated carbocycles. The highest BCUT2D eigenvalue weighted by atomic mass is 16.3. The van der Waals surface area contributed by atoms with Crippen LogP contribution in [0.15, 0.2) is 30.3 Å². The van der Waals surface area contributed by atoms with Crippen LogP contribution in [0.25, 0.3) is 0 Å². The van der Waals surface area contributed by atoms with Gasteiger partial charge < -0.3 is 10.0 Å². The summed E-state index contributed by atoms with van der Waals surface area (Å²) in [6.07, 6.45) is 5.56. The molecule has 1 aliphatic carbocycles. The first-order valence-electron chi connectivity index (χ1n) is 6.57. The van der Waals surface area contributed by atoms with Crippen molar-refractivity contribution < 1.29 is 5.11 Å². The highest BCUT2D eigenvalue weighted by Crippen LogP contribution is 2.41. The number of aliphatic hydroxyl groups is 1. The molecule has 0 unspecified atom stereocenters. The Balaban J connectivity index is 2.27. The summed E-state index contributed by atoms with van der Waals surface area (Å²) in [7, 11) is 4.19. The number of benzene rings is 1. The minimum absolute atomic E-state index is 0.0698. The van der Waals surface area contributed by atoms with Crippen LogP contribution in [0, 0.1) is 0 Å². The van der Waals surface area contributed by atoms with E-state index in [2.05, 4.69) is 19.0 Å². The molecule has 1 aromatic rings. The zero-order valence-electron chi connectivity index (χ0n) is 10.9. The average molecular weight is 233 g/mol. The summed E-state index contributed by atoms with van der Waals surface area (Å²) in [5.74, 6) is 0. The van der Waals surface area contributed by atoms with Crippen molar-refractivity contribution >= 4 is 0 Å². The summed E-state index contributed by atoms with van der Waals surface area (Å²) >= 11 is 0. The van der Waals surface area contributed by atoms with E-state index in [1.165, 1.54) is 19.3 Å². The molecule has 0 heterocycles. The van der Waals surface area contributed by atoms with Crippen LogP contribution in [0.1, 0.15) is 43.8 Å². The molecule has 1 aromatic carbocycles. The summed E-state index contributed by atoms with van der Waals surface area (Å²) in [6.45, 7) is 0. The molecule has 17 heavy (non-hydrogen) atoms. The van der Waals surface area contributed by atoms with E-state index in [0.29, 0.717) is 0 Å². The van der Waals surface area contributed by atoms with Gasteiger partial charge >= 0.3 is 0 Å². The molecule has 0 amide bonds. The van der Waals surface area contributed by atoms with E-state index in [4.69, 9.17) is 0 Å². The lowest BCUT2D eigenvalue weighted by molar-refractivity contribution is -0.0335. The zero-order chi connectivity index (χ0) is 12.3. The molecule has 0 bridgehead atoms. The molecule has 0 aromatic heterocycles. The molecule has 0 spiro atoms. The third-order valence-corrected chi connectivity index (χ3v) is 4.23. The van der Waals surface area contributed by atoms with Crippen molar-refractivity contribution in [3.63, 3.8) is 0 Å². The molecule has 2 heteroatoms. The van der Waals surface area contributed by atoms with Gasteiger partial charge in [0.15, 0.2) is 0 Å². The Labute approximate surface area is 104 Å². The lowest BCUT2D eigenvalue weighted by Crippen LogP contribution is -2.50. The van der Waals surface area contributed by atoms with Crippen LogP contribution in [-0.2, 0) is 0 Å². The van der Waals surface area contributed by atoms with Crippen LogP contribution in [-0.4, -0.2) is 29.6 Å². The van der Waals surface area contributed by atoms with E-state index in [1.54, 1.807) is 0 Å². The van der Waals surface area contributed by atoms with Crippen LogP contribution in [0.2, 0.25) is 0 Å². The summed E-state index contributed by atoms with van der Waals surface area (Å²) < 4.78 is 0. The molecule has 1 fully saturated rings. The van der Waals surface area contributed by atoms with Crippen molar-refractivity contribution in [1.29, 1.82) is 0 Å². The van der Waals surface area contributed by atoms with Crippen LogP contribution in [0.3, 0.4) is 0 Å². The number of hydrogen-bond donors (Lipinski definition) is 1. The topological polar surface area (TPSA) is 23.5 Å². The van der Waals surface area contributed by atoms with Gasteiger partial charge in [0.25, 0.3) is 0 Å². The maximum atomic E-state index is 10.7. The van der Waals surface area contributed by atoms with Gasteiger partial charge in [-0.05, 0) is 32.5 Å². The Hall–Kier alpha value is -0.860.